The van der Waals surface area contributed by atoms with E-state index >= 15 is 0 Å². The number of Topliss-reactive ketones (excluding diaryl/α,β-unsaturated/α-hetero) is 1. The molecule has 0 fully saturated rings. The molecule has 66 valence electrons. The lowest BCUT2D eigenvalue weighted by atomic mass is 10.0. The lowest BCUT2D eigenvalue weighted by molar-refractivity contribution is -0.111. The van der Waals surface area contributed by atoms with E-state index in [0.717, 1.165) is 16.7 Å². The average molecular weight is 174 g/mol. The van der Waals surface area contributed by atoms with Gasteiger partial charge in [-0.3, -0.25) is 4.79 Å². The summed E-state index contributed by atoms with van der Waals surface area (Å²) in [5, 5.41) is 9.49. The first-order valence-electron chi connectivity index (χ1n) is 4.22. The Morgan fingerprint density at radius 3 is 2.92 bits per heavy atom. The second-order valence-electron chi connectivity index (χ2n) is 3.18. The van der Waals surface area contributed by atoms with Gasteiger partial charge in [-0.05, 0) is 25.0 Å². The normalized spacial score (nSPS) is 13.8. The van der Waals surface area contributed by atoms with Gasteiger partial charge in [-0.25, -0.2) is 0 Å². The van der Waals surface area contributed by atoms with Crippen LogP contribution in [0.1, 0.15) is 18.1 Å². The first-order chi connectivity index (χ1) is 6.20. The standard InChI is InChI=1S/C11H10O2/c1-7(12)8-5-6-10-9(8)3-2-4-11(10)13/h2-5,13H,6H2,1H3. The molecule has 0 spiro atoms. The van der Waals surface area contributed by atoms with Crippen molar-refractivity contribution in [3.63, 3.8) is 0 Å². The number of fused-ring (bicyclic) bond motifs is 1. The molecule has 0 bridgehead atoms. The van der Waals surface area contributed by atoms with Crippen LogP contribution in [0.5, 0.6) is 5.75 Å². The molecule has 0 saturated carbocycles. The first-order valence-corrected chi connectivity index (χ1v) is 4.22. The van der Waals surface area contributed by atoms with Gasteiger partial charge in [-0.1, -0.05) is 18.2 Å². The molecule has 1 aromatic rings. The molecule has 2 nitrogen and oxygen atoms in total. The van der Waals surface area contributed by atoms with E-state index in [1.165, 1.54) is 0 Å². The van der Waals surface area contributed by atoms with Crippen molar-refractivity contribution in [2.45, 2.75) is 13.3 Å². The molecule has 0 atom stereocenters. The van der Waals surface area contributed by atoms with Crippen LogP contribution in [0.15, 0.2) is 24.3 Å². The number of rotatable bonds is 1. The number of hydrogen-bond donors (Lipinski definition) is 1. The minimum Gasteiger partial charge on any atom is -0.508 e. The van der Waals surface area contributed by atoms with Crippen LogP contribution in [-0.4, -0.2) is 10.9 Å². The Morgan fingerprint density at radius 2 is 2.23 bits per heavy atom. The Balaban J connectivity index is 2.56. The average Bonchev–Trinajstić information content (AvgIpc) is 2.48. The zero-order valence-corrected chi connectivity index (χ0v) is 7.37. The highest BCUT2D eigenvalue weighted by Gasteiger charge is 2.19. The van der Waals surface area contributed by atoms with Crippen molar-refractivity contribution in [3.8, 4) is 5.75 Å². The number of allylic oxidation sites excluding steroid dienone is 2. The molecule has 2 heteroatoms. The number of carbonyl (C=O) groups is 1. The molecule has 1 aromatic carbocycles. The van der Waals surface area contributed by atoms with Crippen LogP contribution < -0.4 is 0 Å². The monoisotopic (exact) mass is 174 g/mol. The van der Waals surface area contributed by atoms with E-state index < -0.39 is 0 Å². The highest BCUT2D eigenvalue weighted by molar-refractivity contribution is 6.21. The lowest BCUT2D eigenvalue weighted by Crippen LogP contribution is -1.93. The second kappa shape index (κ2) is 2.73. The van der Waals surface area contributed by atoms with Crippen LogP contribution in [0.2, 0.25) is 0 Å². The summed E-state index contributed by atoms with van der Waals surface area (Å²) in [4.78, 5) is 11.2. The number of carbonyl (C=O) groups excluding carboxylic acids is 1. The van der Waals surface area contributed by atoms with E-state index in [9.17, 15) is 9.90 Å². The predicted molar refractivity (Wildman–Crippen MR) is 50.5 cm³/mol. The molecular formula is C11H10O2. The topological polar surface area (TPSA) is 37.3 Å². The number of benzene rings is 1. The van der Waals surface area contributed by atoms with Crippen molar-refractivity contribution in [3.05, 3.63) is 35.4 Å². The Morgan fingerprint density at radius 1 is 1.46 bits per heavy atom. The number of aromatic hydroxyl groups is 1. The zero-order chi connectivity index (χ0) is 9.42. The first kappa shape index (κ1) is 8.05. The highest BCUT2D eigenvalue weighted by atomic mass is 16.3. The maximum atomic E-state index is 11.2. The summed E-state index contributed by atoms with van der Waals surface area (Å²) in [5.41, 5.74) is 2.48. The van der Waals surface area contributed by atoms with E-state index in [-0.39, 0.29) is 11.5 Å². The Hall–Kier alpha value is -1.57. The van der Waals surface area contributed by atoms with Gasteiger partial charge in [-0.15, -0.1) is 0 Å². The maximum Gasteiger partial charge on any atom is 0.160 e. The van der Waals surface area contributed by atoms with E-state index in [1.54, 1.807) is 19.1 Å². The quantitative estimate of drug-likeness (QED) is 0.706. The highest BCUT2D eigenvalue weighted by Crippen LogP contribution is 2.33. The van der Waals surface area contributed by atoms with Gasteiger partial charge < -0.3 is 5.11 Å². The third-order valence-electron chi connectivity index (χ3n) is 2.33. The van der Waals surface area contributed by atoms with Crippen molar-refractivity contribution < 1.29 is 9.90 Å². The van der Waals surface area contributed by atoms with Crippen LogP contribution in [-0.2, 0) is 11.2 Å². The fourth-order valence-corrected chi connectivity index (χ4v) is 1.69. The van der Waals surface area contributed by atoms with Gasteiger partial charge >= 0.3 is 0 Å². The molecule has 0 amide bonds. The van der Waals surface area contributed by atoms with Crippen molar-refractivity contribution in [1.29, 1.82) is 0 Å². The van der Waals surface area contributed by atoms with Gasteiger partial charge in [0.05, 0.1) is 0 Å². The summed E-state index contributed by atoms with van der Waals surface area (Å²) in [6, 6.07) is 5.28. The Bertz CT molecular complexity index is 403. The van der Waals surface area contributed by atoms with Crippen molar-refractivity contribution >= 4 is 11.4 Å². The molecule has 2 rings (SSSR count). The molecule has 0 unspecified atom stereocenters. The molecule has 13 heavy (non-hydrogen) atoms. The molecule has 1 N–H and O–H groups in total. The molecule has 0 aliphatic heterocycles. The number of hydrogen-bond acceptors (Lipinski definition) is 2. The minimum absolute atomic E-state index is 0.0596. The van der Waals surface area contributed by atoms with Gasteiger partial charge in [0.15, 0.2) is 5.78 Å². The van der Waals surface area contributed by atoms with Gasteiger partial charge in [0.2, 0.25) is 0 Å². The van der Waals surface area contributed by atoms with Crippen molar-refractivity contribution in [2.75, 3.05) is 0 Å². The lowest BCUT2D eigenvalue weighted by Gasteiger charge is -2.03. The molecule has 0 aromatic heterocycles. The van der Waals surface area contributed by atoms with Crippen LogP contribution in [0.4, 0.5) is 0 Å². The Labute approximate surface area is 76.5 Å². The summed E-state index contributed by atoms with van der Waals surface area (Å²) in [5.74, 6) is 0.342. The molecule has 1 aliphatic carbocycles. The van der Waals surface area contributed by atoms with E-state index in [2.05, 4.69) is 0 Å². The summed E-state index contributed by atoms with van der Waals surface area (Å²) >= 11 is 0. The Kier molecular flexibility index (Phi) is 1.69. The number of phenols is 1. The molecule has 0 saturated heterocycles. The van der Waals surface area contributed by atoms with E-state index in [1.807, 2.05) is 12.1 Å². The fourth-order valence-electron chi connectivity index (χ4n) is 1.69. The van der Waals surface area contributed by atoms with Crippen molar-refractivity contribution in [1.82, 2.24) is 0 Å². The SMILES string of the molecule is CC(=O)C1=CCc2c(O)cccc21. The third-order valence-corrected chi connectivity index (χ3v) is 2.33. The van der Waals surface area contributed by atoms with Gasteiger partial charge in [0.1, 0.15) is 5.75 Å². The summed E-state index contributed by atoms with van der Waals surface area (Å²) in [6.45, 7) is 1.55. The molecule has 0 radical (unpaired) electrons. The van der Waals surface area contributed by atoms with E-state index in [4.69, 9.17) is 0 Å². The zero-order valence-electron chi connectivity index (χ0n) is 7.37. The van der Waals surface area contributed by atoms with Crippen molar-refractivity contribution in [2.24, 2.45) is 0 Å². The predicted octanol–water partition coefficient (Wildman–Crippen LogP) is 1.92. The van der Waals surface area contributed by atoms with Gasteiger partial charge in [0, 0.05) is 11.1 Å². The largest absolute Gasteiger partial charge is 0.508 e. The van der Waals surface area contributed by atoms with Crippen LogP contribution in [0, 0.1) is 0 Å². The second-order valence-corrected chi connectivity index (χ2v) is 3.18. The fraction of sp³-hybridized carbons (Fsp3) is 0.182. The molecule has 0 heterocycles. The number of ketones is 1. The summed E-state index contributed by atoms with van der Waals surface area (Å²) < 4.78 is 0. The summed E-state index contributed by atoms with van der Waals surface area (Å²) in [7, 11) is 0. The van der Waals surface area contributed by atoms with Gasteiger partial charge in [0.25, 0.3) is 0 Å². The van der Waals surface area contributed by atoms with Crippen LogP contribution in [0.25, 0.3) is 5.57 Å². The smallest absolute Gasteiger partial charge is 0.160 e. The van der Waals surface area contributed by atoms with E-state index in [0.29, 0.717) is 6.42 Å². The molecule has 1 aliphatic rings. The van der Waals surface area contributed by atoms with Gasteiger partial charge in [-0.2, -0.15) is 0 Å². The number of phenolic OH excluding ortho intramolecular Hbond substituents is 1. The third kappa shape index (κ3) is 1.15. The van der Waals surface area contributed by atoms with Crippen LogP contribution in [0.3, 0.4) is 0 Å². The summed E-state index contributed by atoms with van der Waals surface area (Å²) in [6.07, 6.45) is 2.53. The van der Waals surface area contributed by atoms with Crippen LogP contribution >= 0.6 is 0 Å². The maximum absolute atomic E-state index is 11.2. The minimum atomic E-state index is 0.0596. The molecular weight excluding hydrogens is 164 g/mol.